The largest absolute Gasteiger partial charge is 0.330 e. The number of thiazole rings is 1. The van der Waals surface area contributed by atoms with Gasteiger partial charge in [-0.2, -0.15) is 0 Å². The van der Waals surface area contributed by atoms with Crippen molar-refractivity contribution in [2.24, 2.45) is 17.6 Å². The molecule has 3 rings (SSSR count). The molecule has 5 heteroatoms. The van der Waals surface area contributed by atoms with Crippen LogP contribution in [0.15, 0.2) is 29.6 Å². The number of carbonyl (C=O) groups is 1. The molecule has 0 bridgehead atoms. The summed E-state index contributed by atoms with van der Waals surface area (Å²) in [5.41, 5.74) is 8.65. The highest BCUT2D eigenvalue weighted by molar-refractivity contribution is 7.09. The molecule has 1 aliphatic rings. The minimum absolute atomic E-state index is 0.0610. The molecule has 1 aromatic carbocycles. The van der Waals surface area contributed by atoms with Crippen LogP contribution in [0.5, 0.6) is 0 Å². The van der Waals surface area contributed by atoms with E-state index in [-0.39, 0.29) is 11.8 Å². The van der Waals surface area contributed by atoms with E-state index < -0.39 is 0 Å². The van der Waals surface area contributed by atoms with Crippen molar-refractivity contribution < 1.29 is 4.79 Å². The summed E-state index contributed by atoms with van der Waals surface area (Å²) in [6.45, 7) is 2.60. The van der Waals surface area contributed by atoms with E-state index in [1.54, 1.807) is 11.3 Å². The van der Waals surface area contributed by atoms with Crippen molar-refractivity contribution in [2.45, 2.75) is 26.2 Å². The average Bonchev–Trinajstić information content (AvgIpc) is 3.16. The Hall–Kier alpha value is -1.72. The van der Waals surface area contributed by atoms with E-state index in [1.165, 1.54) is 0 Å². The number of aromatic nitrogens is 1. The van der Waals surface area contributed by atoms with Crippen LogP contribution < -0.4 is 11.1 Å². The van der Waals surface area contributed by atoms with Gasteiger partial charge < -0.3 is 11.1 Å². The van der Waals surface area contributed by atoms with Crippen molar-refractivity contribution in [1.82, 2.24) is 4.98 Å². The Kier molecular flexibility index (Phi) is 4.55. The van der Waals surface area contributed by atoms with Crippen LogP contribution in [0.4, 0.5) is 5.69 Å². The summed E-state index contributed by atoms with van der Waals surface area (Å²) < 4.78 is 0. The normalized spacial score (nSPS) is 21.0. The van der Waals surface area contributed by atoms with Gasteiger partial charge in [0.15, 0.2) is 0 Å². The number of nitrogens with two attached hydrogens (primary N) is 1. The fourth-order valence-electron chi connectivity index (χ4n) is 3.12. The SMILES string of the molecule is Cc1nc(-c2ccc(NC(=O)[C@@H]3CCC[C@@H]3CN)cc2)cs1. The third-order valence-electron chi connectivity index (χ3n) is 4.37. The van der Waals surface area contributed by atoms with Gasteiger partial charge in [-0.3, -0.25) is 4.79 Å². The van der Waals surface area contributed by atoms with Crippen LogP contribution in [-0.4, -0.2) is 17.4 Å². The zero-order valence-corrected chi connectivity index (χ0v) is 13.5. The van der Waals surface area contributed by atoms with Crippen LogP contribution in [0.3, 0.4) is 0 Å². The molecule has 1 fully saturated rings. The van der Waals surface area contributed by atoms with Crippen LogP contribution in [0.2, 0.25) is 0 Å². The minimum Gasteiger partial charge on any atom is -0.330 e. The molecule has 116 valence electrons. The summed E-state index contributed by atoms with van der Waals surface area (Å²) in [4.78, 5) is 16.8. The average molecular weight is 315 g/mol. The van der Waals surface area contributed by atoms with Crippen molar-refractivity contribution in [3.8, 4) is 11.3 Å². The molecular formula is C17H21N3OS. The number of carbonyl (C=O) groups excluding carboxylic acids is 1. The maximum absolute atomic E-state index is 12.4. The number of nitrogens with one attached hydrogen (secondary N) is 1. The maximum atomic E-state index is 12.4. The highest BCUT2D eigenvalue weighted by Crippen LogP contribution is 2.32. The molecule has 2 aromatic rings. The van der Waals surface area contributed by atoms with Gasteiger partial charge in [-0.25, -0.2) is 4.98 Å². The van der Waals surface area contributed by atoms with E-state index in [0.717, 1.165) is 41.2 Å². The molecule has 0 radical (unpaired) electrons. The monoisotopic (exact) mass is 315 g/mol. The minimum atomic E-state index is 0.0610. The molecule has 22 heavy (non-hydrogen) atoms. The molecule has 1 saturated carbocycles. The van der Waals surface area contributed by atoms with Crippen molar-refractivity contribution in [1.29, 1.82) is 0 Å². The van der Waals surface area contributed by atoms with Gasteiger partial charge in [-0.15, -0.1) is 11.3 Å². The molecular weight excluding hydrogens is 294 g/mol. The molecule has 1 aromatic heterocycles. The third kappa shape index (κ3) is 3.20. The molecule has 0 unspecified atom stereocenters. The fraction of sp³-hybridized carbons (Fsp3) is 0.412. The van der Waals surface area contributed by atoms with Crippen LogP contribution >= 0.6 is 11.3 Å². The van der Waals surface area contributed by atoms with Gasteiger partial charge in [0.05, 0.1) is 10.7 Å². The lowest BCUT2D eigenvalue weighted by atomic mass is 9.95. The van der Waals surface area contributed by atoms with Crippen molar-refractivity contribution in [3.63, 3.8) is 0 Å². The van der Waals surface area contributed by atoms with E-state index in [1.807, 2.05) is 36.6 Å². The highest BCUT2D eigenvalue weighted by Gasteiger charge is 2.31. The van der Waals surface area contributed by atoms with E-state index in [0.29, 0.717) is 12.5 Å². The smallest absolute Gasteiger partial charge is 0.227 e. The molecule has 4 nitrogen and oxygen atoms in total. The predicted octanol–water partition coefficient (Wildman–Crippen LogP) is 3.43. The van der Waals surface area contributed by atoms with Crippen LogP contribution in [0, 0.1) is 18.8 Å². The number of amides is 1. The van der Waals surface area contributed by atoms with Crippen molar-refractivity contribution in [3.05, 3.63) is 34.7 Å². The molecule has 0 saturated heterocycles. The van der Waals surface area contributed by atoms with Gasteiger partial charge in [0.1, 0.15) is 0 Å². The van der Waals surface area contributed by atoms with E-state index >= 15 is 0 Å². The van der Waals surface area contributed by atoms with Crippen LogP contribution in [0.25, 0.3) is 11.3 Å². The number of hydrogen-bond acceptors (Lipinski definition) is 4. The lowest BCUT2D eigenvalue weighted by Crippen LogP contribution is -2.29. The Morgan fingerprint density at radius 2 is 2.14 bits per heavy atom. The number of rotatable bonds is 4. The molecule has 0 spiro atoms. The van der Waals surface area contributed by atoms with Crippen molar-refractivity contribution >= 4 is 22.9 Å². The first-order valence-corrected chi connectivity index (χ1v) is 8.59. The summed E-state index contributed by atoms with van der Waals surface area (Å²) in [6.07, 6.45) is 3.11. The molecule has 1 heterocycles. The topological polar surface area (TPSA) is 68.0 Å². The number of hydrogen-bond donors (Lipinski definition) is 2. The highest BCUT2D eigenvalue weighted by atomic mass is 32.1. The van der Waals surface area contributed by atoms with E-state index in [4.69, 9.17) is 5.73 Å². The van der Waals surface area contributed by atoms with Gasteiger partial charge in [0, 0.05) is 22.5 Å². The molecule has 1 aliphatic carbocycles. The van der Waals surface area contributed by atoms with Gasteiger partial charge in [-0.1, -0.05) is 18.6 Å². The first-order chi connectivity index (χ1) is 10.7. The third-order valence-corrected chi connectivity index (χ3v) is 5.14. The first kappa shape index (κ1) is 15.2. The molecule has 0 aliphatic heterocycles. The number of anilines is 1. The van der Waals surface area contributed by atoms with Gasteiger partial charge in [0.25, 0.3) is 0 Å². The summed E-state index contributed by atoms with van der Waals surface area (Å²) >= 11 is 1.64. The van der Waals surface area contributed by atoms with Gasteiger partial charge >= 0.3 is 0 Å². The second-order valence-electron chi connectivity index (χ2n) is 5.85. The number of nitrogens with zero attached hydrogens (tertiary/aromatic N) is 1. The van der Waals surface area contributed by atoms with Gasteiger partial charge in [-0.05, 0) is 44.4 Å². The summed E-state index contributed by atoms with van der Waals surface area (Å²) in [6, 6.07) is 7.88. The molecule has 3 N–H and O–H groups in total. The Labute approximate surface area is 134 Å². The quantitative estimate of drug-likeness (QED) is 0.908. The summed E-state index contributed by atoms with van der Waals surface area (Å²) in [7, 11) is 0. The zero-order valence-electron chi connectivity index (χ0n) is 12.7. The Morgan fingerprint density at radius 3 is 2.77 bits per heavy atom. The Morgan fingerprint density at radius 1 is 1.36 bits per heavy atom. The van der Waals surface area contributed by atoms with Crippen LogP contribution in [0.1, 0.15) is 24.3 Å². The fourth-order valence-corrected chi connectivity index (χ4v) is 3.74. The standard InChI is InChI=1S/C17H21N3OS/c1-11-19-16(10-22-11)12-5-7-14(8-6-12)20-17(21)15-4-2-3-13(15)9-18/h5-8,10,13,15H,2-4,9,18H2,1H3,(H,20,21)/t13-,15-/m1/s1. The predicted molar refractivity (Wildman–Crippen MR) is 90.8 cm³/mol. The summed E-state index contributed by atoms with van der Waals surface area (Å²) in [5.74, 6) is 0.494. The zero-order chi connectivity index (χ0) is 15.5. The number of aryl methyl sites for hydroxylation is 1. The van der Waals surface area contributed by atoms with Crippen LogP contribution in [-0.2, 0) is 4.79 Å². The lowest BCUT2D eigenvalue weighted by molar-refractivity contribution is -0.120. The lowest BCUT2D eigenvalue weighted by Gasteiger charge is -2.17. The molecule has 2 atom stereocenters. The van der Waals surface area contributed by atoms with E-state index in [9.17, 15) is 4.79 Å². The Bertz CT molecular complexity index is 650. The Balaban J connectivity index is 1.67. The second kappa shape index (κ2) is 6.58. The van der Waals surface area contributed by atoms with Crippen molar-refractivity contribution in [2.75, 3.05) is 11.9 Å². The summed E-state index contributed by atoms with van der Waals surface area (Å²) in [5, 5.41) is 6.13. The molecule has 1 amide bonds. The number of benzene rings is 1. The first-order valence-electron chi connectivity index (χ1n) is 7.71. The second-order valence-corrected chi connectivity index (χ2v) is 6.91. The van der Waals surface area contributed by atoms with Gasteiger partial charge in [0.2, 0.25) is 5.91 Å². The maximum Gasteiger partial charge on any atom is 0.227 e. The van der Waals surface area contributed by atoms with E-state index in [2.05, 4.69) is 10.3 Å².